The first kappa shape index (κ1) is 18.5. The topological polar surface area (TPSA) is 38.3 Å². The van der Waals surface area contributed by atoms with Gasteiger partial charge in [-0.15, -0.1) is 0 Å². The average Bonchev–Trinajstić information content (AvgIpc) is 2.69. The van der Waals surface area contributed by atoms with E-state index in [0.717, 1.165) is 33.7 Å². The molecule has 3 nitrogen and oxygen atoms in total. The molecule has 0 aliphatic heterocycles. The number of benzene rings is 3. The van der Waals surface area contributed by atoms with Gasteiger partial charge < -0.3 is 10.1 Å². The van der Waals surface area contributed by atoms with Gasteiger partial charge in [-0.1, -0.05) is 60.7 Å². The SMILES string of the molecule is Cc1cccc(C)c1NC(=O)C=Cc1ccc(OCc2ccccc2)cc1. The lowest BCUT2D eigenvalue weighted by Crippen LogP contribution is -2.10. The monoisotopic (exact) mass is 357 g/mol. The summed E-state index contributed by atoms with van der Waals surface area (Å²) in [7, 11) is 0. The smallest absolute Gasteiger partial charge is 0.248 e. The predicted octanol–water partition coefficient (Wildman–Crippen LogP) is 5.53. The number of para-hydroxylation sites is 1. The fourth-order valence-corrected chi connectivity index (χ4v) is 2.76. The van der Waals surface area contributed by atoms with Crippen molar-refractivity contribution in [2.75, 3.05) is 5.32 Å². The van der Waals surface area contributed by atoms with Crippen molar-refractivity contribution in [1.82, 2.24) is 0 Å². The van der Waals surface area contributed by atoms with Crippen LogP contribution in [0.2, 0.25) is 0 Å². The summed E-state index contributed by atoms with van der Waals surface area (Å²) in [4.78, 5) is 12.2. The third kappa shape index (κ3) is 5.32. The molecule has 0 saturated carbocycles. The zero-order chi connectivity index (χ0) is 19.1. The van der Waals surface area contributed by atoms with Crippen LogP contribution in [-0.2, 0) is 11.4 Å². The summed E-state index contributed by atoms with van der Waals surface area (Å²) in [6.45, 7) is 4.51. The average molecular weight is 357 g/mol. The van der Waals surface area contributed by atoms with Crippen LogP contribution < -0.4 is 10.1 Å². The number of hydrogen-bond acceptors (Lipinski definition) is 2. The molecule has 0 bridgehead atoms. The second-order valence-electron chi connectivity index (χ2n) is 6.43. The maximum Gasteiger partial charge on any atom is 0.248 e. The van der Waals surface area contributed by atoms with Crippen molar-refractivity contribution in [3.63, 3.8) is 0 Å². The maximum absolute atomic E-state index is 12.2. The van der Waals surface area contributed by atoms with Crippen LogP contribution in [0.15, 0.2) is 78.9 Å². The molecule has 1 N–H and O–H groups in total. The lowest BCUT2D eigenvalue weighted by molar-refractivity contribution is -0.111. The van der Waals surface area contributed by atoms with E-state index in [9.17, 15) is 4.79 Å². The maximum atomic E-state index is 12.2. The second-order valence-corrected chi connectivity index (χ2v) is 6.43. The summed E-state index contributed by atoms with van der Waals surface area (Å²) in [5.41, 5.74) is 5.05. The van der Waals surface area contributed by atoms with Crippen LogP contribution >= 0.6 is 0 Å². The first-order valence-corrected chi connectivity index (χ1v) is 8.94. The highest BCUT2D eigenvalue weighted by molar-refractivity contribution is 6.02. The Bertz CT molecular complexity index is 908. The molecule has 0 aliphatic rings. The molecule has 3 aromatic rings. The van der Waals surface area contributed by atoms with Gasteiger partial charge in [-0.3, -0.25) is 4.79 Å². The van der Waals surface area contributed by atoms with Crippen molar-refractivity contribution in [1.29, 1.82) is 0 Å². The van der Waals surface area contributed by atoms with Gasteiger partial charge in [0.15, 0.2) is 0 Å². The minimum absolute atomic E-state index is 0.142. The third-order valence-corrected chi connectivity index (χ3v) is 4.28. The molecule has 0 radical (unpaired) electrons. The fraction of sp³-hybridized carbons (Fsp3) is 0.125. The van der Waals surface area contributed by atoms with E-state index in [1.54, 1.807) is 12.2 Å². The Kier molecular flexibility index (Phi) is 6.06. The third-order valence-electron chi connectivity index (χ3n) is 4.28. The number of carbonyl (C=O) groups is 1. The standard InChI is InChI=1S/C24H23NO2/c1-18-7-6-8-19(2)24(18)25-23(26)16-13-20-11-14-22(15-12-20)27-17-21-9-4-3-5-10-21/h3-16H,17H2,1-2H3,(H,25,26). The molecule has 0 atom stereocenters. The zero-order valence-electron chi connectivity index (χ0n) is 15.6. The Hall–Kier alpha value is -3.33. The quantitative estimate of drug-likeness (QED) is 0.589. The van der Waals surface area contributed by atoms with Gasteiger partial charge in [0.05, 0.1) is 0 Å². The summed E-state index contributed by atoms with van der Waals surface area (Å²) in [5, 5.41) is 2.95. The van der Waals surface area contributed by atoms with E-state index in [-0.39, 0.29) is 5.91 Å². The summed E-state index contributed by atoms with van der Waals surface area (Å²) in [6.07, 6.45) is 3.34. The highest BCUT2D eigenvalue weighted by Crippen LogP contribution is 2.19. The van der Waals surface area contributed by atoms with Gasteiger partial charge in [-0.25, -0.2) is 0 Å². The van der Waals surface area contributed by atoms with Gasteiger partial charge in [0.25, 0.3) is 0 Å². The molecule has 27 heavy (non-hydrogen) atoms. The molecule has 0 saturated heterocycles. The normalized spacial score (nSPS) is 10.7. The number of anilines is 1. The Morgan fingerprint density at radius 2 is 1.56 bits per heavy atom. The predicted molar refractivity (Wildman–Crippen MR) is 111 cm³/mol. The molecule has 0 fully saturated rings. The molecule has 0 unspecified atom stereocenters. The molecule has 0 aliphatic carbocycles. The van der Waals surface area contributed by atoms with E-state index in [2.05, 4.69) is 5.32 Å². The van der Waals surface area contributed by atoms with Crippen LogP contribution in [-0.4, -0.2) is 5.91 Å². The molecule has 136 valence electrons. The van der Waals surface area contributed by atoms with Crippen LogP contribution in [0.3, 0.4) is 0 Å². The van der Waals surface area contributed by atoms with Crippen molar-refractivity contribution >= 4 is 17.7 Å². The number of amides is 1. The Morgan fingerprint density at radius 1 is 0.889 bits per heavy atom. The van der Waals surface area contributed by atoms with E-state index in [4.69, 9.17) is 4.74 Å². The van der Waals surface area contributed by atoms with E-state index in [1.165, 1.54) is 0 Å². The summed E-state index contributed by atoms with van der Waals surface area (Å²) >= 11 is 0. The van der Waals surface area contributed by atoms with Crippen molar-refractivity contribution in [3.05, 3.63) is 101 Å². The van der Waals surface area contributed by atoms with Gasteiger partial charge in [0.1, 0.15) is 12.4 Å². The number of carbonyl (C=O) groups excluding carboxylic acids is 1. The Labute approximate surface area is 160 Å². The van der Waals surface area contributed by atoms with Gasteiger partial charge in [-0.05, 0) is 54.3 Å². The fourth-order valence-electron chi connectivity index (χ4n) is 2.76. The van der Waals surface area contributed by atoms with Gasteiger partial charge in [0, 0.05) is 11.8 Å². The molecular weight excluding hydrogens is 334 g/mol. The first-order valence-electron chi connectivity index (χ1n) is 8.94. The van der Waals surface area contributed by atoms with E-state index in [0.29, 0.717) is 6.61 Å². The molecule has 0 aromatic heterocycles. The van der Waals surface area contributed by atoms with Crippen LogP contribution in [0.5, 0.6) is 5.75 Å². The molecule has 0 heterocycles. The number of ether oxygens (including phenoxy) is 1. The van der Waals surface area contributed by atoms with Crippen LogP contribution in [0.25, 0.3) is 6.08 Å². The largest absolute Gasteiger partial charge is 0.489 e. The number of nitrogens with one attached hydrogen (secondary N) is 1. The molecule has 3 rings (SSSR count). The second kappa shape index (κ2) is 8.86. The van der Waals surface area contributed by atoms with Crippen LogP contribution in [0.4, 0.5) is 5.69 Å². The highest BCUT2D eigenvalue weighted by Gasteiger charge is 2.04. The Balaban J connectivity index is 1.56. The molecule has 3 aromatic carbocycles. The number of rotatable bonds is 6. The number of hydrogen-bond donors (Lipinski definition) is 1. The van der Waals surface area contributed by atoms with Gasteiger partial charge >= 0.3 is 0 Å². The minimum atomic E-state index is -0.142. The lowest BCUT2D eigenvalue weighted by Gasteiger charge is -2.09. The van der Waals surface area contributed by atoms with Crippen molar-refractivity contribution < 1.29 is 9.53 Å². The number of aryl methyl sites for hydroxylation is 2. The van der Waals surface area contributed by atoms with E-state index in [1.807, 2.05) is 86.6 Å². The zero-order valence-corrected chi connectivity index (χ0v) is 15.6. The van der Waals surface area contributed by atoms with Gasteiger partial charge in [0.2, 0.25) is 5.91 Å². The molecule has 3 heteroatoms. The minimum Gasteiger partial charge on any atom is -0.489 e. The van der Waals surface area contributed by atoms with E-state index >= 15 is 0 Å². The van der Waals surface area contributed by atoms with Crippen molar-refractivity contribution in [3.8, 4) is 5.75 Å². The van der Waals surface area contributed by atoms with Crippen LogP contribution in [0, 0.1) is 13.8 Å². The highest BCUT2D eigenvalue weighted by atomic mass is 16.5. The molecular formula is C24H23NO2. The lowest BCUT2D eigenvalue weighted by atomic mass is 10.1. The first-order chi connectivity index (χ1) is 13.1. The summed E-state index contributed by atoms with van der Waals surface area (Å²) in [5.74, 6) is 0.660. The van der Waals surface area contributed by atoms with Crippen LogP contribution in [0.1, 0.15) is 22.3 Å². The summed E-state index contributed by atoms with van der Waals surface area (Å²) < 4.78 is 5.77. The van der Waals surface area contributed by atoms with Crippen molar-refractivity contribution in [2.24, 2.45) is 0 Å². The molecule has 0 spiro atoms. The van der Waals surface area contributed by atoms with E-state index < -0.39 is 0 Å². The van der Waals surface area contributed by atoms with Gasteiger partial charge in [-0.2, -0.15) is 0 Å². The van der Waals surface area contributed by atoms with Crippen molar-refractivity contribution in [2.45, 2.75) is 20.5 Å². The summed E-state index contributed by atoms with van der Waals surface area (Å²) in [6, 6.07) is 23.7. The molecule has 1 amide bonds. The Morgan fingerprint density at radius 3 is 2.22 bits per heavy atom.